The van der Waals surface area contributed by atoms with Crippen LogP contribution in [0.4, 0.5) is 0 Å². The number of carbonyl (C=O) groups excluding carboxylic acids is 5. The van der Waals surface area contributed by atoms with Crippen molar-refractivity contribution in [3.8, 4) is 0 Å². The van der Waals surface area contributed by atoms with Crippen molar-refractivity contribution in [2.75, 3.05) is 83.5 Å². The quantitative estimate of drug-likeness (QED) is 0.0263. The molecule has 0 saturated heterocycles. The summed E-state index contributed by atoms with van der Waals surface area (Å²) in [4.78, 5) is 81.3. The highest BCUT2D eigenvalue weighted by atomic mass is 127. The number of unbranched alkanes of at least 4 members (excludes halogenated alkanes) is 15. The summed E-state index contributed by atoms with van der Waals surface area (Å²) < 4.78 is 21.6. The first-order valence-corrected chi connectivity index (χ1v) is 23.2. The van der Waals surface area contributed by atoms with Gasteiger partial charge in [0.15, 0.2) is 0 Å². The zero-order valence-corrected chi connectivity index (χ0v) is 37.8. The monoisotopic (exact) mass is 971 g/mol. The molecule has 5 amide bonds. The van der Waals surface area contributed by atoms with Crippen molar-refractivity contribution in [3.05, 3.63) is 0 Å². The highest BCUT2D eigenvalue weighted by Crippen LogP contribution is 2.14. The first-order valence-electron chi connectivity index (χ1n) is 21.7. The number of nitrogens with one attached hydrogen (secondary N) is 5. The summed E-state index contributed by atoms with van der Waals surface area (Å²) in [5.74, 6) is -3.27. The number of carboxylic acid groups (broad SMARTS) is 2. The van der Waals surface area contributed by atoms with Gasteiger partial charge in [-0.25, -0.2) is 4.79 Å². The van der Waals surface area contributed by atoms with Crippen molar-refractivity contribution in [2.45, 2.75) is 134 Å². The van der Waals surface area contributed by atoms with Gasteiger partial charge < -0.3 is 55.7 Å². The molecule has 0 heterocycles. The molecule has 0 unspecified atom stereocenters. The van der Waals surface area contributed by atoms with Gasteiger partial charge >= 0.3 is 11.9 Å². The summed E-state index contributed by atoms with van der Waals surface area (Å²) in [6, 6.07) is -1.14. The highest BCUT2D eigenvalue weighted by molar-refractivity contribution is 14.1. The SMILES string of the molecule is O=C(O)CCCCCCCCCCCCCCCCCCC(=O)N[C@@H](CCC(=O)NCCOCCOCC(=O)NCCOCCOCC(=O)NCCNC(=O)CI)C(=O)O. The zero-order chi connectivity index (χ0) is 44.3. The van der Waals surface area contributed by atoms with E-state index < -0.39 is 18.0 Å². The van der Waals surface area contributed by atoms with E-state index in [0.717, 1.165) is 38.5 Å². The molecule has 0 aliphatic heterocycles. The van der Waals surface area contributed by atoms with Crippen molar-refractivity contribution < 1.29 is 62.7 Å². The van der Waals surface area contributed by atoms with Gasteiger partial charge in [-0.2, -0.15) is 0 Å². The maximum absolute atomic E-state index is 12.3. The Labute approximate surface area is 370 Å². The van der Waals surface area contributed by atoms with Crippen LogP contribution in [0.5, 0.6) is 0 Å². The number of halogens is 1. The molecule has 0 rings (SSSR count). The Balaban J connectivity index is 3.64. The van der Waals surface area contributed by atoms with E-state index in [1.165, 1.54) is 57.8 Å². The first-order chi connectivity index (χ1) is 29.0. The number of hydrogen-bond acceptors (Lipinski definition) is 11. The second-order valence-corrected chi connectivity index (χ2v) is 15.2. The van der Waals surface area contributed by atoms with Gasteiger partial charge in [-0.15, -0.1) is 0 Å². The minimum Gasteiger partial charge on any atom is -0.481 e. The van der Waals surface area contributed by atoms with Crippen LogP contribution in [0.2, 0.25) is 0 Å². The number of alkyl halides is 1. The van der Waals surface area contributed by atoms with Crippen LogP contribution >= 0.6 is 22.6 Å². The van der Waals surface area contributed by atoms with E-state index in [0.29, 0.717) is 23.9 Å². The Morgan fingerprint density at radius 3 is 1.23 bits per heavy atom. The average Bonchev–Trinajstić information content (AvgIpc) is 3.22. The van der Waals surface area contributed by atoms with Crippen LogP contribution < -0.4 is 26.6 Å². The maximum Gasteiger partial charge on any atom is 0.326 e. The average molecular weight is 972 g/mol. The molecule has 7 N–H and O–H groups in total. The molecule has 0 saturated carbocycles. The second-order valence-electron chi connectivity index (χ2n) is 14.4. The molecule has 0 aromatic heterocycles. The van der Waals surface area contributed by atoms with Gasteiger partial charge in [0.05, 0.1) is 44.1 Å². The van der Waals surface area contributed by atoms with E-state index in [2.05, 4.69) is 26.6 Å². The number of carboxylic acids is 2. The van der Waals surface area contributed by atoms with Crippen molar-refractivity contribution in [1.82, 2.24) is 26.6 Å². The molecule has 0 radical (unpaired) electrons. The van der Waals surface area contributed by atoms with Gasteiger partial charge in [-0.1, -0.05) is 112 Å². The number of ether oxygens (including phenoxy) is 4. The van der Waals surface area contributed by atoms with Crippen molar-refractivity contribution >= 4 is 64.1 Å². The molecule has 19 heteroatoms. The van der Waals surface area contributed by atoms with Gasteiger partial charge in [0.25, 0.3) is 0 Å². The molecule has 0 aliphatic carbocycles. The second kappa shape index (κ2) is 42.5. The van der Waals surface area contributed by atoms with Crippen LogP contribution in [0.1, 0.15) is 128 Å². The van der Waals surface area contributed by atoms with E-state index in [-0.39, 0.29) is 121 Å². The van der Waals surface area contributed by atoms with Gasteiger partial charge in [-0.3, -0.25) is 28.8 Å². The minimum atomic E-state index is -1.18. The van der Waals surface area contributed by atoms with E-state index in [9.17, 15) is 38.7 Å². The molecule has 18 nitrogen and oxygen atoms in total. The predicted octanol–water partition coefficient (Wildman–Crippen LogP) is 3.41. The summed E-state index contributed by atoms with van der Waals surface area (Å²) in [5, 5.41) is 31.3. The van der Waals surface area contributed by atoms with Crippen LogP contribution in [-0.4, -0.2) is 141 Å². The molecule has 0 aliphatic rings. The van der Waals surface area contributed by atoms with Crippen LogP contribution in [0.3, 0.4) is 0 Å². The van der Waals surface area contributed by atoms with Gasteiger partial charge in [0, 0.05) is 45.4 Å². The number of aliphatic carboxylic acids is 2. The topological polar surface area (TPSA) is 257 Å². The number of amides is 5. The molecule has 1 atom stereocenters. The molecule has 0 aromatic rings. The first kappa shape index (κ1) is 56.9. The standard InChI is InChI=1S/C41H74IN5O13/c42-31-37(50)43-21-22-44-38(51)32-59-29-28-58-26-24-46-39(52)33-60-30-27-57-25-23-45-35(48)20-19-34(41(55)56)47-36(49)17-15-13-11-9-7-5-3-1-2-4-6-8-10-12-14-16-18-40(53)54/h34H,1-33H2,(H,43,50)(H,44,51)(H,45,48)(H,46,52)(H,47,49)(H,53,54)(H,55,56)/t34-/m0/s1. The minimum absolute atomic E-state index is 0.0236. The van der Waals surface area contributed by atoms with Crippen molar-refractivity contribution in [3.63, 3.8) is 0 Å². The summed E-state index contributed by atoms with van der Waals surface area (Å²) in [6.07, 6.45) is 18.3. The molecular weight excluding hydrogens is 897 g/mol. The molecule has 60 heavy (non-hydrogen) atoms. The van der Waals surface area contributed by atoms with Gasteiger partial charge in [0.2, 0.25) is 29.5 Å². The fraction of sp³-hybridized carbons (Fsp3) is 0.829. The zero-order valence-electron chi connectivity index (χ0n) is 35.7. The largest absolute Gasteiger partial charge is 0.481 e. The number of hydrogen-bond donors (Lipinski definition) is 7. The van der Waals surface area contributed by atoms with Gasteiger partial charge in [0.1, 0.15) is 19.3 Å². The Hall–Kier alpha value is -3.14. The van der Waals surface area contributed by atoms with Crippen LogP contribution in [0.15, 0.2) is 0 Å². The normalized spacial score (nSPS) is 11.4. The predicted molar refractivity (Wildman–Crippen MR) is 234 cm³/mol. The Morgan fingerprint density at radius 2 is 0.800 bits per heavy atom. The lowest BCUT2D eigenvalue weighted by Crippen LogP contribution is -2.41. The summed E-state index contributed by atoms with van der Waals surface area (Å²) in [5.41, 5.74) is 0. The third-order valence-electron chi connectivity index (χ3n) is 9.08. The van der Waals surface area contributed by atoms with Crippen LogP contribution in [-0.2, 0) is 52.5 Å². The van der Waals surface area contributed by atoms with Crippen LogP contribution in [0.25, 0.3) is 0 Å². The lowest BCUT2D eigenvalue weighted by atomic mass is 10.0. The summed E-state index contributed by atoms with van der Waals surface area (Å²) in [6.45, 7) is 2.15. The van der Waals surface area contributed by atoms with Gasteiger partial charge in [-0.05, 0) is 19.3 Å². The smallest absolute Gasteiger partial charge is 0.326 e. The Kier molecular flexibility index (Phi) is 40.3. The van der Waals surface area contributed by atoms with Crippen molar-refractivity contribution in [2.24, 2.45) is 0 Å². The third kappa shape index (κ3) is 41.6. The summed E-state index contributed by atoms with van der Waals surface area (Å²) >= 11 is 1.95. The Morgan fingerprint density at radius 1 is 0.417 bits per heavy atom. The molecule has 0 spiro atoms. The Bertz CT molecular complexity index is 1170. The maximum atomic E-state index is 12.3. The third-order valence-corrected chi connectivity index (χ3v) is 9.77. The molecular formula is C41H74IN5O13. The molecule has 0 fully saturated rings. The highest BCUT2D eigenvalue weighted by Gasteiger charge is 2.20. The fourth-order valence-electron chi connectivity index (χ4n) is 5.77. The number of carbonyl (C=O) groups is 7. The van der Waals surface area contributed by atoms with E-state index in [4.69, 9.17) is 24.1 Å². The van der Waals surface area contributed by atoms with Crippen LogP contribution in [0, 0.1) is 0 Å². The fourth-order valence-corrected chi connectivity index (χ4v) is 6.04. The molecule has 0 bridgehead atoms. The molecule has 348 valence electrons. The van der Waals surface area contributed by atoms with E-state index in [1.807, 2.05) is 22.6 Å². The van der Waals surface area contributed by atoms with E-state index >= 15 is 0 Å². The van der Waals surface area contributed by atoms with E-state index in [1.54, 1.807) is 0 Å². The lowest BCUT2D eigenvalue weighted by Gasteiger charge is -2.14. The molecule has 0 aromatic carbocycles. The lowest BCUT2D eigenvalue weighted by molar-refractivity contribution is -0.142. The summed E-state index contributed by atoms with van der Waals surface area (Å²) in [7, 11) is 0. The number of rotatable bonds is 44. The van der Waals surface area contributed by atoms with Crippen molar-refractivity contribution in [1.29, 1.82) is 0 Å².